The number of hydrogen-bond acceptors (Lipinski definition) is 1. The Morgan fingerprint density at radius 2 is 1.86 bits per heavy atom. The number of hydrogen-bond donors (Lipinski definition) is 0. The lowest BCUT2D eigenvalue weighted by molar-refractivity contribution is 0.567. The maximum absolute atomic E-state index is 4.41. The van der Waals surface area contributed by atoms with Gasteiger partial charge in [0.25, 0.3) is 0 Å². The van der Waals surface area contributed by atoms with Crippen LogP contribution in [-0.4, -0.2) is 4.98 Å². The summed E-state index contributed by atoms with van der Waals surface area (Å²) in [4.78, 5) is 4.41. The molecule has 1 heteroatoms. The fourth-order valence-corrected chi connectivity index (χ4v) is 1.48. The highest BCUT2D eigenvalue weighted by Crippen LogP contribution is 2.26. The molecule has 0 saturated carbocycles. The summed E-state index contributed by atoms with van der Waals surface area (Å²) >= 11 is 0. The van der Waals surface area contributed by atoms with Gasteiger partial charge in [-0.05, 0) is 11.6 Å². The van der Waals surface area contributed by atoms with E-state index in [1.165, 1.54) is 0 Å². The molecule has 0 bridgehead atoms. The molecule has 1 rings (SSSR count). The van der Waals surface area contributed by atoms with Crippen LogP contribution in [0.3, 0.4) is 0 Å². The lowest BCUT2D eigenvalue weighted by Gasteiger charge is -2.21. The van der Waals surface area contributed by atoms with Gasteiger partial charge in [0.1, 0.15) is 0 Å². The van der Waals surface area contributed by atoms with Gasteiger partial charge in [-0.1, -0.05) is 46.1 Å². The monoisotopic (exact) mass is 187 g/mol. The topological polar surface area (TPSA) is 12.9 Å². The van der Waals surface area contributed by atoms with Gasteiger partial charge >= 0.3 is 0 Å². The molecule has 0 radical (unpaired) electrons. The zero-order chi connectivity index (χ0) is 10.8. The van der Waals surface area contributed by atoms with E-state index >= 15 is 0 Å². The second kappa shape index (κ2) is 3.79. The summed E-state index contributed by atoms with van der Waals surface area (Å²) < 4.78 is 0. The largest absolute Gasteiger partial charge is 0.260 e. The molecule has 0 unspecified atom stereocenters. The van der Waals surface area contributed by atoms with Crippen molar-refractivity contribution in [2.24, 2.45) is 0 Å². The van der Waals surface area contributed by atoms with Crippen molar-refractivity contribution in [1.29, 1.82) is 0 Å². The van der Waals surface area contributed by atoms with E-state index < -0.39 is 0 Å². The Bertz CT molecular complexity index is 356. The van der Waals surface area contributed by atoms with Crippen LogP contribution in [0, 0.1) is 0 Å². The Kier molecular flexibility index (Phi) is 2.90. The molecular weight excluding hydrogens is 170 g/mol. The van der Waals surface area contributed by atoms with E-state index in [4.69, 9.17) is 0 Å². The summed E-state index contributed by atoms with van der Waals surface area (Å²) in [5.74, 6) is 0. The van der Waals surface area contributed by atoms with Crippen LogP contribution in [0.25, 0.3) is 12.2 Å². The maximum atomic E-state index is 4.41. The van der Waals surface area contributed by atoms with Gasteiger partial charge in [-0.15, -0.1) is 0 Å². The van der Waals surface area contributed by atoms with Crippen LogP contribution in [0.4, 0.5) is 0 Å². The molecule has 1 nitrogen and oxygen atoms in total. The Morgan fingerprint density at radius 1 is 1.21 bits per heavy atom. The molecule has 0 aromatic carbocycles. The molecule has 1 heterocycles. The van der Waals surface area contributed by atoms with Crippen molar-refractivity contribution in [2.75, 3.05) is 0 Å². The summed E-state index contributed by atoms with van der Waals surface area (Å²) in [6, 6.07) is 1.96. The van der Waals surface area contributed by atoms with Crippen LogP contribution in [0.5, 0.6) is 0 Å². The normalized spacial score (nSPS) is 11.1. The summed E-state index contributed by atoms with van der Waals surface area (Å²) in [5, 5.41) is 0. The highest BCUT2D eigenvalue weighted by Gasteiger charge is 2.19. The van der Waals surface area contributed by atoms with Crippen LogP contribution in [0.1, 0.15) is 37.6 Å². The zero-order valence-electron chi connectivity index (χ0n) is 9.17. The summed E-state index contributed by atoms with van der Waals surface area (Å²) in [5.41, 5.74) is 3.31. The van der Waals surface area contributed by atoms with Crippen LogP contribution in [0.2, 0.25) is 0 Å². The number of aromatic nitrogens is 1. The van der Waals surface area contributed by atoms with E-state index in [2.05, 4.69) is 38.9 Å². The van der Waals surface area contributed by atoms with Crippen LogP contribution in [-0.2, 0) is 5.41 Å². The van der Waals surface area contributed by atoms with Crippen molar-refractivity contribution in [3.05, 3.63) is 42.2 Å². The van der Waals surface area contributed by atoms with Crippen LogP contribution >= 0.6 is 0 Å². The van der Waals surface area contributed by atoms with Gasteiger partial charge < -0.3 is 0 Å². The van der Waals surface area contributed by atoms with Gasteiger partial charge in [0.05, 0.1) is 5.69 Å². The van der Waals surface area contributed by atoms with Crippen molar-refractivity contribution >= 4 is 12.2 Å². The van der Waals surface area contributed by atoms with Gasteiger partial charge in [0.2, 0.25) is 0 Å². The first-order valence-electron chi connectivity index (χ1n) is 4.75. The van der Waals surface area contributed by atoms with Gasteiger partial charge in [-0.3, -0.25) is 4.98 Å². The standard InChI is InChI=1S/C13H17N/c1-6-10-8-9-14-12(11(10)7-2)13(3,4)5/h6-9H,1-2H2,3-5H3. The van der Waals surface area contributed by atoms with E-state index in [1.807, 2.05) is 24.4 Å². The smallest absolute Gasteiger partial charge is 0.0535 e. The minimum absolute atomic E-state index is 0.0442. The second-order valence-corrected chi connectivity index (χ2v) is 4.32. The Balaban J connectivity index is 3.44. The lowest BCUT2D eigenvalue weighted by Crippen LogP contribution is -2.15. The molecule has 74 valence electrons. The van der Waals surface area contributed by atoms with E-state index in [-0.39, 0.29) is 5.41 Å². The van der Waals surface area contributed by atoms with Crippen molar-refractivity contribution < 1.29 is 0 Å². The molecule has 1 aromatic heterocycles. The number of rotatable bonds is 2. The van der Waals surface area contributed by atoms with E-state index in [1.54, 1.807) is 0 Å². The van der Waals surface area contributed by atoms with E-state index in [0.717, 1.165) is 16.8 Å². The molecule has 1 aromatic rings. The summed E-state index contributed by atoms with van der Waals surface area (Å²) in [6.07, 6.45) is 5.52. The average molecular weight is 187 g/mol. The molecule has 0 saturated heterocycles. The van der Waals surface area contributed by atoms with Crippen molar-refractivity contribution in [3.8, 4) is 0 Å². The van der Waals surface area contributed by atoms with Crippen molar-refractivity contribution in [2.45, 2.75) is 26.2 Å². The van der Waals surface area contributed by atoms with Gasteiger partial charge in [0, 0.05) is 17.2 Å². The molecule has 14 heavy (non-hydrogen) atoms. The molecule has 0 N–H and O–H groups in total. The van der Waals surface area contributed by atoms with Gasteiger partial charge in [-0.25, -0.2) is 0 Å². The SMILES string of the molecule is C=Cc1ccnc(C(C)(C)C)c1C=C. The minimum atomic E-state index is 0.0442. The first-order valence-corrected chi connectivity index (χ1v) is 4.75. The molecular formula is C13H17N. The maximum Gasteiger partial charge on any atom is 0.0535 e. The Morgan fingerprint density at radius 3 is 2.29 bits per heavy atom. The molecule has 0 aliphatic rings. The minimum Gasteiger partial charge on any atom is -0.260 e. The second-order valence-electron chi connectivity index (χ2n) is 4.32. The molecule has 0 aliphatic heterocycles. The molecule has 0 spiro atoms. The van der Waals surface area contributed by atoms with Crippen molar-refractivity contribution in [1.82, 2.24) is 4.98 Å². The third-order valence-electron chi connectivity index (χ3n) is 2.16. The Hall–Kier alpha value is -1.37. The molecule has 0 atom stereocenters. The molecule has 0 amide bonds. The number of pyridine rings is 1. The van der Waals surface area contributed by atoms with Crippen LogP contribution in [0.15, 0.2) is 25.4 Å². The highest BCUT2D eigenvalue weighted by atomic mass is 14.7. The van der Waals surface area contributed by atoms with Crippen molar-refractivity contribution in [3.63, 3.8) is 0 Å². The average Bonchev–Trinajstić information content (AvgIpc) is 2.15. The zero-order valence-corrected chi connectivity index (χ0v) is 9.17. The molecule has 0 aliphatic carbocycles. The first-order chi connectivity index (χ1) is 6.50. The quantitative estimate of drug-likeness (QED) is 0.688. The Labute approximate surface area is 86.2 Å². The van der Waals surface area contributed by atoms with E-state index in [9.17, 15) is 0 Å². The fourth-order valence-electron chi connectivity index (χ4n) is 1.48. The van der Waals surface area contributed by atoms with Gasteiger partial charge in [-0.2, -0.15) is 0 Å². The predicted molar refractivity (Wildman–Crippen MR) is 63.1 cm³/mol. The van der Waals surface area contributed by atoms with Crippen LogP contribution < -0.4 is 0 Å². The molecule has 0 fully saturated rings. The number of nitrogens with zero attached hydrogens (tertiary/aromatic N) is 1. The lowest BCUT2D eigenvalue weighted by atomic mass is 9.87. The predicted octanol–water partition coefficient (Wildman–Crippen LogP) is 3.67. The summed E-state index contributed by atoms with van der Waals surface area (Å²) in [7, 11) is 0. The fraction of sp³-hybridized carbons (Fsp3) is 0.308. The van der Waals surface area contributed by atoms with E-state index in [0.29, 0.717) is 0 Å². The third kappa shape index (κ3) is 1.92. The highest BCUT2D eigenvalue weighted by molar-refractivity contribution is 5.65. The first kappa shape index (κ1) is 10.7. The van der Waals surface area contributed by atoms with Gasteiger partial charge in [0.15, 0.2) is 0 Å². The summed E-state index contributed by atoms with van der Waals surface area (Å²) in [6.45, 7) is 14.1. The third-order valence-corrected chi connectivity index (χ3v) is 2.16.